The van der Waals surface area contributed by atoms with Crippen LogP contribution >= 0.6 is 11.8 Å². The maximum Gasteiger partial charge on any atom is 0.420 e. The largest absolute Gasteiger partial charge is 0.492 e. The third kappa shape index (κ3) is 3.86. The van der Waals surface area contributed by atoms with Gasteiger partial charge in [0.1, 0.15) is 5.75 Å². The van der Waals surface area contributed by atoms with Gasteiger partial charge >= 0.3 is 6.18 Å². The van der Waals surface area contributed by atoms with Crippen LogP contribution in [0.5, 0.6) is 5.75 Å². The second kappa shape index (κ2) is 5.82. The molecule has 0 aliphatic rings. The molecular formula is C11H10F3NOS. The van der Waals surface area contributed by atoms with Gasteiger partial charge in [0.05, 0.1) is 23.8 Å². The molecule has 0 amide bonds. The summed E-state index contributed by atoms with van der Waals surface area (Å²) in [6.45, 7) is 0.205. The van der Waals surface area contributed by atoms with E-state index < -0.39 is 11.7 Å². The van der Waals surface area contributed by atoms with Gasteiger partial charge in [0, 0.05) is 5.75 Å². The predicted molar refractivity (Wildman–Crippen MR) is 60.0 cm³/mol. The fourth-order valence-corrected chi connectivity index (χ4v) is 1.43. The molecule has 0 aliphatic carbocycles. The first kappa shape index (κ1) is 13.7. The molecule has 0 heterocycles. The minimum absolute atomic E-state index is 0.0328. The highest BCUT2D eigenvalue weighted by Gasteiger charge is 2.34. The van der Waals surface area contributed by atoms with Gasteiger partial charge in [-0.25, -0.2) is 0 Å². The summed E-state index contributed by atoms with van der Waals surface area (Å²) < 4.78 is 43.1. The van der Waals surface area contributed by atoms with Crippen molar-refractivity contribution in [3.8, 4) is 11.8 Å². The number of alkyl halides is 3. The van der Waals surface area contributed by atoms with Crippen LogP contribution < -0.4 is 4.74 Å². The molecule has 0 atom stereocenters. The molecule has 0 aliphatic heterocycles. The van der Waals surface area contributed by atoms with Gasteiger partial charge < -0.3 is 4.74 Å². The van der Waals surface area contributed by atoms with E-state index in [0.717, 1.165) is 6.07 Å². The lowest BCUT2D eigenvalue weighted by atomic mass is 10.1. The van der Waals surface area contributed by atoms with E-state index in [1.807, 2.05) is 6.26 Å². The van der Waals surface area contributed by atoms with E-state index >= 15 is 0 Å². The van der Waals surface area contributed by atoms with Crippen molar-refractivity contribution in [1.82, 2.24) is 0 Å². The average Bonchev–Trinajstić information content (AvgIpc) is 2.28. The molecule has 0 spiro atoms. The predicted octanol–water partition coefficient (Wildman–Crippen LogP) is 3.32. The van der Waals surface area contributed by atoms with Gasteiger partial charge in [-0.15, -0.1) is 0 Å². The standard InChI is InChI=1S/C11H10F3NOS/c1-17-5-4-16-10-3-2-8(7-15)6-9(10)11(12,13)14/h2-3,6H,4-5H2,1H3. The number of nitriles is 1. The van der Waals surface area contributed by atoms with Crippen LogP contribution in [0.15, 0.2) is 18.2 Å². The number of benzene rings is 1. The number of hydrogen-bond acceptors (Lipinski definition) is 3. The quantitative estimate of drug-likeness (QED) is 0.779. The van der Waals surface area contributed by atoms with Crippen LogP contribution in [0.1, 0.15) is 11.1 Å². The van der Waals surface area contributed by atoms with E-state index in [1.165, 1.54) is 23.9 Å². The molecule has 0 saturated heterocycles. The SMILES string of the molecule is CSCCOc1ccc(C#N)cc1C(F)(F)F. The second-order valence-corrected chi connectivity index (χ2v) is 4.15. The molecule has 17 heavy (non-hydrogen) atoms. The maximum atomic E-state index is 12.7. The Balaban J connectivity index is 3.00. The molecule has 0 fully saturated rings. The second-order valence-electron chi connectivity index (χ2n) is 3.16. The fourth-order valence-electron chi connectivity index (χ4n) is 1.18. The average molecular weight is 261 g/mol. The summed E-state index contributed by atoms with van der Waals surface area (Å²) in [7, 11) is 0. The monoisotopic (exact) mass is 261 g/mol. The number of halogens is 3. The Hall–Kier alpha value is -1.35. The number of rotatable bonds is 4. The Morgan fingerprint density at radius 1 is 1.41 bits per heavy atom. The van der Waals surface area contributed by atoms with Gasteiger partial charge in [0.25, 0.3) is 0 Å². The molecule has 0 aromatic heterocycles. The van der Waals surface area contributed by atoms with Gasteiger partial charge in [-0.3, -0.25) is 0 Å². The Labute approximate surface area is 101 Å². The molecule has 0 N–H and O–H groups in total. The van der Waals surface area contributed by atoms with Crippen molar-refractivity contribution in [3.63, 3.8) is 0 Å². The van der Waals surface area contributed by atoms with Crippen molar-refractivity contribution in [2.75, 3.05) is 18.6 Å². The summed E-state index contributed by atoms with van der Waals surface area (Å²) in [5.41, 5.74) is -0.938. The summed E-state index contributed by atoms with van der Waals surface area (Å²) in [6, 6.07) is 4.97. The van der Waals surface area contributed by atoms with Crippen LogP contribution in [-0.4, -0.2) is 18.6 Å². The van der Waals surface area contributed by atoms with Crippen molar-refractivity contribution in [3.05, 3.63) is 29.3 Å². The lowest BCUT2D eigenvalue weighted by Crippen LogP contribution is -2.10. The topological polar surface area (TPSA) is 33.0 Å². The van der Waals surface area contributed by atoms with Crippen LogP contribution in [0.25, 0.3) is 0 Å². The summed E-state index contributed by atoms with van der Waals surface area (Å²) in [5, 5.41) is 8.57. The van der Waals surface area contributed by atoms with Crippen molar-refractivity contribution in [2.45, 2.75) is 6.18 Å². The van der Waals surface area contributed by atoms with Gasteiger partial charge in [0.2, 0.25) is 0 Å². The van der Waals surface area contributed by atoms with Crippen molar-refractivity contribution in [2.24, 2.45) is 0 Å². The zero-order valence-corrected chi connectivity index (χ0v) is 9.86. The highest BCUT2D eigenvalue weighted by molar-refractivity contribution is 7.98. The van der Waals surface area contributed by atoms with Gasteiger partial charge in [-0.1, -0.05) is 0 Å². The molecule has 1 rings (SSSR count). The van der Waals surface area contributed by atoms with Gasteiger partial charge in [-0.2, -0.15) is 30.2 Å². The number of hydrogen-bond donors (Lipinski definition) is 0. The molecule has 92 valence electrons. The molecule has 0 unspecified atom stereocenters. The van der Waals surface area contributed by atoms with Crippen LogP contribution in [-0.2, 0) is 6.18 Å². The Morgan fingerprint density at radius 3 is 2.65 bits per heavy atom. The Morgan fingerprint density at radius 2 is 2.12 bits per heavy atom. The highest BCUT2D eigenvalue weighted by atomic mass is 32.2. The third-order valence-corrected chi connectivity index (χ3v) is 2.53. The van der Waals surface area contributed by atoms with Crippen LogP contribution in [0.3, 0.4) is 0 Å². The highest BCUT2D eigenvalue weighted by Crippen LogP contribution is 2.36. The van der Waals surface area contributed by atoms with E-state index in [2.05, 4.69) is 0 Å². The van der Waals surface area contributed by atoms with Crippen molar-refractivity contribution < 1.29 is 17.9 Å². The van der Waals surface area contributed by atoms with E-state index in [9.17, 15) is 13.2 Å². The van der Waals surface area contributed by atoms with Crippen LogP contribution in [0.4, 0.5) is 13.2 Å². The van der Waals surface area contributed by atoms with Gasteiger partial charge in [-0.05, 0) is 24.5 Å². The third-order valence-electron chi connectivity index (χ3n) is 1.96. The summed E-state index contributed by atoms with van der Waals surface area (Å²) >= 11 is 1.48. The molecule has 1 aromatic carbocycles. The van der Waals surface area contributed by atoms with E-state index in [0.29, 0.717) is 5.75 Å². The molecule has 0 saturated carbocycles. The zero-order chi connectivity index (χ0) is 12.9. The molecule has 0 radical (unpaired) electrons. The number of ether oxygens (including phenoxy) is 1. The first-order valence-electron chi connectivity index (χ1n) is 4.72. The fraction of sp³-hybridized carbons (Fsp3) is 0.364. The Bertz CT molecular complexity index is 426. The molecule has 1 aromatic rings. The molecular weight excluding hydrogens is 251 g/mol. The lowest BCUT2D eigenvalue weighted by molar-refractivity contribution is -0.138. The Kier molecular flexibility index (Phi) is 4.70. The van der Waals surface area contributed by atoms with Crippen molar-refractivity contribution >= 4 is 11.8 Å². The molecule has 0 bridgehead atoms. The van der Waals surface area contributed by atoms with Crippen molar-refractivity contribution in [1.29, 1.82) is 5.26 Å². The van der Waals surface area contributed by atoms with Crippen LogP contribution in [0, 0.1) is 11.3 Å². The summed E-state index contributed by atoms with van der Waals surface area (Å²) in [5.74, 6) is 0.377. The van der Waals surface area contributed by atoms with E-state index in [-0.39, 0.29) is 17.9 Å². The minimum atomic E-state index is -4.51. The smallest absolute Gasteiger partial charge is 0.420 e. The zero-order valence-electron chi connectivity index (χ0n) is 9.04. The number of thioether (sulfide) groups is 1. The normalized spacial score (nSPS) is 11.0. The van der Waals surface area contributed by atoms with E-state index in [1.54, 1.807) is 6.07 Å². The van der Waals surface area contributed by atoms with E-state index in [4.69, 9.17) is 10.00 Å². The first-order valence-corrected chi connectivity index (χ1v) is 6.11. The van der Waals surface area contributed by atoms with Crippen LogP contribution in [0.2, 0.25) is 0 Å². The first-order chi connectivity index (χ1) is 7.99. The summed E-state index contributed by atoms with van der Waals surface area (Å²) in [6.07, 6.45) is -2.67. The minimum Gasteiger partial charge on any atom is -0.492 e. The molecule has 6 heteroatoms. The maximum absolute atomic E-state index is 12.7. The molecule has 2 nitrogen and oxygen atoms in total. The van der Waals surface area contributed by atoms with Gasteiger partial charge in [0.15, 0.2) is 0 Å². The summed E-state index contributed by atoms with van der Waals surface area (Å²) in [4.78, 5) is 0. The number of nitrogens with zero attached hydrogens (tertiary/aromatic N) is 1. The lowest BCUT2D eigenvalue weighted by Gasteiger charge is -2.13.